The number of rotatable bonds is 6. The average Bonchev–Trinajstić information content (AvgIpc) is 2.84. The Labute approximate surface area is 185 Å². The van der Waals surface area contributed by atoms with Crippen LogP contribution in [-0.2, 0) is 11.3 Å². The van der Waals surface area contributed by atoms with Gasteiger partial charge in [-0.2, -0.15) is 0 Å². The van der Waals surface area contributed by atoms with Crippen LogP contribution in [0.5, 0.6) is 0 Å². The van der Waals surface area contributed by atoms with Crippen molar-refractivity contribution < 1.29 is 9.59 Å². The van der Waals surface area contributed by atoms with Crippen LogP contribution >= 0.6 is 0 Å². The number of carbonyl (C=O) groups excluding carboxylic acids is 2. The Morgan fingerprint density at radius 3 is 2.32 bits per heavy atom. The lowest BCUT2D eigenvalue weighted by Crippen LogP contribution is -2.33. The molecule has 2 aliphatic rings. The lowest BCUT2D eigenvalue weighted by atomic mass is 9.88. The van der Waals surface area contributed by atoms with Crippen molar-refractivity contribution in [3.05, 3.63) is 59.7 Å². The number of hydrogen-bond acceptors (Lipinski definition) is 3. The number of benzene rings is 2. The Morgan fingerprint density at radius 2 is 1.58 bits per heavy atom. The van der Waals surface area contributed by atoms with Crippen molar-refractivity contribution in [2.24, 2.45) is 5.92 Å². The molecule has 4 rings (SSSR count). The minimum Gasteiger partial charge on any atom is -0.371 e. The summed E-state index contributed by atoms with van der Waals surface area (Å²) in [5, 5.41) is 6.13. The summed E-state index contributed by atoms with van der Waals surface area (Å²) in [4.78, 5) is 28.2. The third kappa shape index (κ3) is 5.66. The fourth-order valence-corrected chi connectivity index (χ4v) is 4.69. The van der Waals surface area contributed by atoms with E-state index in [2.05, 4.69) is 15.5 Å². The van der Waals surface area contributed by atoms with Crippen molar-refractivity contribution in [2.45, 2.75) is 57.9 Å². The van der Waals surface area contributed by atoms with Gasteiger partial charge in [-0.1, -0.05) is 49.6 Å². The Hall–Kier alpha value is -2.82. The molecule has 0 unspecified atom stereocenters. The van der Waals surface area contributed by atoms with Gasteiger partial charge >= 0.3 is 0 Å². The molecule has 2 aromatic carbocycles. The van der Waals surface area contributed by atoms with Crippen LogP contribution < -0.4 is 15.5 Å². The Balaban J connectivity index is 1.52. The molecule has 0 spiro atoms. The first-order chi connectivity index (χ1) is 15.2. The molecule has 2 aromatic rings. The lowest BCUT2D eigenvalue weighted by molar-refractivity contribution is -0.120. The number of amides is 2. The molecule has 2 N–H and O–H groups in total. The Bertz CT molecular complexity index is 885. The van der Waals surface area contributed by atoms with Crippen LogP contribution in [0.1, 0.15) is 67.3 Å². The molecule has 1 aliphatic carbocycles. The maximum atomic E-state index is 13.2. The van der Waals surface area contributed by atoms with Gasteiger partial charge in [0.25, 0.3) is 5.91 Å². The second-order valence-electron chi connectivity index (χ2n) is 8.77. The van der Waals surface area contributed by atoms with Gasteiger partial charge in [-0.3, -0.25) is 9.59 Å². The fraction of sp³-hybridized carbons (Fsp3) is 0.462. The summed E-state index contributed by atoms with van der Waals surface area (Å²) in [5.74, 6) is 0.0742. The highest BCUT2D eigenvalue weighted by Gasteiger charge is 2.23. The van der Waals surface area contributed by atoms with Gasteiger partial charge in [-0.15, -0.1) is 0 Å². The fourth-order valence-electron chi connectivity index (χ4n) is 4.69. The summed E-state index contributed by atoms with van der Waals surface area (Å²) in [5.41, 5.74) is 3.37. The molecule has 164 valence electrons. The number of anilines is 2. The van der Waals surface area contributed by atoms with Crippen molar-refractivity contribution >= 4 is 23.2 Å². The molecule has 0 atom stereocenters. The first kappa shape index (κ1) is 21.4. The monoisotopic (exact) mass is 419 g/mol. The Morgan fingerprint density at radius 1 is 0.871 bits per heavy atom. The molecule has 2 amide bonds. The van der Waals surface area contributed by atoms with Crippen molar-refractivity contribution in [1.29, 1.82) is 0 Å². The van der Waals surface area contributed by atoms with Crippen LogP contribution in [0, 0.1) is 5.92 Å². The van der Waals surface area contributed by atoms with Crippen LogP contribution in [0.3, 0.4) is 0 Å². The summed E-state index contributed by atoms with van der Waals surface area (Å²) in [6.07, 6.45) is 8.92. The van der Waals surface area contributed by atoms with E-state index in [1.807, 2.05) is 48.5 Å². The predicted molar refractivity (Wildman–Crippen MR) is 125 cm³/mol. The molecular weight excluding hydrogens is 386 g/mol. The minimum atomic E-state index is -0.0989. The summed E-state index contributed by atoms with van der Waals surface area (Å²) in [6, 6.07) is 15.7. The van der Waals surface area contributed by atoms with Gasteiger partial charge in [0.1, 0.15) is 0 Å². The SMILES string of the molecule is O=C(NCc1ccccc1)c1cc(NC(=O)C2CCCCC2)ccc1N1CCCCC1. The van der Waals surface area contributed by atoms with Gasteiger partial charge < -0.3 is 15.5 Å². The maximum absolute atomic E-state index is 13.2. The zero-order valence-corrected chi connectivity index (χ0v) is 18.2. The topological polar surface area (TPSA) is 61.4 Å². The lowest BCUT2D eigenvalue weighted by Gasteiger charge is -2.30. The van der Waals surface area contributed by atoms with E-state index in [4.69, 9.17) is 0 Å². The van der Waals surface area contributed by atoms with Gasteiger partial charge in [0.2, 0.25) is 5.91 Å². The van der Waals surface area contributed by atoms with E-state index in [0.717, 1.165) is 62.9 Å². The molecule has 1 heterocycles. The Kier molecular flexibility index (Phi) is 7.23. The van der Waals surface area contributed by atoms with Crippen molar-refractivity contribution in [1.82, 2.24) is 5.32 Å². The number of piperidine rings is 1. The van der Waals surface area contributed by atoms with Crippen LogP contribution in [0.25, 0.3) is 0 Å². The summed E-state index contributed by atoms with van der Waals surface area (Å²) >= 11 is 0. The predicted octanol–water partition coefficient (Wildman–Crippen LogP) is 5.13. The third-order valence-corrected chi connectivity index (χ3v) is 6.48. The molecule has 1 saturated carbocycles. The van der Waals surface area contributed by atoms with E-state index in [-0.39, 0.29) is 17.7 Å². The quantitative estimate of drug-likeness (QED) is 0.683. The molecule has 2 fully saturated rings. The van der Waals surface area contributed by atoms with Gasteiger partial charge in [0.05, 0.1) is 5.56 Å². The minimum absolute atomic E-state index is 0.0843. The van der Waals surface area contributed by atoms with Crippen LogP contribution in [-0.4, -0.2) is 24.9 Å². The van der Waals surface area contributed by atoms with Gasteiger partial charge in [-0.25, -0.2) is 0 Å². The molecular formula is C26H33N3O2. The molecule has 31 heavy (non-hydrogen) atoms. The number of nitrogens with one attached hydrogen (secondary N) is 2. The van der Waals surface area contributed by atoms with Crippen molar-refractivity contribution in [3.8, 4) is 0 Å². The summed E-state index contributed by atoms with van der Waals surface area (Å²) < 4.78 is 0. The number of nitrogens with zero attached hydrogens (tertiary/aromatic N) is 1. The van der Waals surface area contributed by atoms with Crippen LogP contribution in [0.4, 0.5) is 11.4 Å². The highest BCUT2D eigenvalue weighted by molar-refractivity contribution is 6.02. The van der Waals surface area contributed by atoms with Crippen LogP contribution in [0.15, 0.2) is 48.5 Å². The summed E-state index contributed by atoms with van der Waals surface area (Å²) in [6.45, 7) is 2.41. The third-order valence-electron chi connectivity index (χ3n) is 6.48. The summed E-state index contributed by atoms with van der Waals surface area (Å²) in [7, 11) is 0. The zero-order valence-electron chi connectivity index (χ0n) is 18.2. The molecule has 5 nitrogen and oxygen atoms in total. The zero-order chi connectivity index (χ0) is 21.5. The second-order valence-corrected chi connectivity index (χ2v) is 8.77. The molecule has 0 aromatic heterocycles. The smallest absolute Gasteiger partial charge is 0.253 e. The molecule has 5 heteroatoms. The maximum Gasteiger partial charge on any atom is 0.253 e. The van der Waals surface area contributed by atoms with Gasteiger partial charge in [-0.05, 0) is 55.9 Å². The largest absolute Gasteiger partial charge is 0.371 e. The highest BCUT2D eigenvalue weighted by Crippen LogP contribution is 2.29. The van der Waals surface area contributed by atoms with E-state index in [1.165, 1.54) is 12.8 Å². The first-order valence-electron chi connectivity index (χ1n) is 11.7. The van der Waals surface area contributed by atoms with Gasteiger partial charge in [0, 0.05) is 36.9 Å². The van der Waals surface area contributed by atoms with E-state index in [9.17, 15) is 9.59 Å². The van der Waals surface area contributed by atoms with Crippen molar-refractivity contribution in [3.63, 3.8) is 0 Å². The number of carbonyl (C=O) groups is 2. The first-order valence-corrected chi connectivity index (χ1v) is 11.7. The number of hydrogen-bond donors (Lipinski definition) is 2. The standard InChI is InChI=1S/C26H33N3O2/c30-25(21-12-6-2-7-13-21)28-22-14-15-24(29-16-8-3-9-17-29)23(18-22)26(31)27-19-20-10-4-1-5-11-20/h1,4-5,10-11,14-15,18,21H,2-3,6-9,12-13,16-17,19H2,(H,27,31)(H,28,30). The van der Waals surface area contributed by atoms with Gasteiger partial charge in [0.15, 0.2) is 0 Å². The average molecular weight is 420 g/mol. The normalized spacial score (nSPS) is 17.2. The molecule has 0 bridgehead atoms. The van der Waals surface area contributed by atoms with Crippen LogP contribution in [0.2, 0.25) is 0 Å². The van der Waals surface area contributed by atoms with E-state index >= 15 is 0 Å². The van der Waals surface area contributed by atoms with E-state index in [1.54, 1.807) is 0 Å². The molecule has 1 aliphatic heterocycles. The van der Waals surface area contributed by atoms with E-state index < -0.39 is 0 Å². The van der Waals surface area contributed by atoms with E-state index in [0.29, 0.717) is 17.8 Å². The molecule has 1 saturated heterocycles. The van der Waals surface area contributed by atoms with Crippen molar-refractivity contribution in [2.75, 3.05) is 23.3 Å². The molecule has 0 radical (unpaired) electrons. The highest BCUT2D eigenvalue weighted by atomic mass is 16.2. The second kappa shape index (κ2) is 10.5.